The van der Waals surface area contributed by atoms with Crippen LogP contribution in [0.1, 0.15) is 59.5 Å². The van der Waals surface area contributed by atoms with E-state index in [9.17, 15) is 9.59 Å². The molecule has 2 amide bonds. The molecule has 5 rings (SSSR count). The Kier molecular flexibility index (Phi) is 5.93. The molecule has 2 aliphatic heterocycles. The summed E-state index contributed by atoms with van der Waals surface area (Å²) in [6, 6.07) is 14.4. The van der Waals surface area contributed by atoms with Crippen LogP contribution in [-0.2, 0) is 11.2 Å². The summed E-state index contributed by atoms with van der Waals surface area (Å²) in [6.07, 6.45) is 9.10. The number of aromatic nitrogens is 2. The maximum absolute atomic E-state index is 12.9. The number of carbonyl (C=O) groups excluding carboxylic acids is 2. The highest BCUT2D eigenvalue weighted by molar-refractivity contribution is 6.00. The lowest BCUT2D eigenvalue weighted by atomic mass is 9.89. The number of fused-ring (bicyclic) bond motifs is 1. The summed E-state index contributed by atoms with van der Waals surface area (Å²) in [5, 5.41) is 4.39. The van der Waals surface area contributed by atoms with Gasteiger partial charge in [-0.2, -0.15) is 5.10 Å². The lowest BCUT2D eigenvalue weighted by molar-refractivity contribution is -0.132. The van der Waals surface area contributed by atoms with Gasteiger partial charge in [0.15, 0.2) is 0 Å². The van der Waals surface area contributed by atoms with E-state index in [1.807, 2.05) is 34.2 Å². The lowest BCUT2D eigenvalue weighted by Crippen LogP contribution is -2.38. The highest BCUT2D eigenvalue weighted by atomic mass is 16.2. The quantitative estimate of drug-likeness (QED) is 0.617. The Morgan fingerprint density at radius 3 is 2.44 bits per heavy atom. The SMILES string of the molecule is O=C(CCc1ccccc1)N1CCC(c2ccn3ncc(C(=O)N4CCCC4)c3c2)CC1. The molecule has 2 aliphatic rings. The Bertz CT molecular complexity index is 1090. The average molecular weight is 431 g/mol. The zero-order valence-electron chi connectivity index (χ0n) is 18.4. The predicted molar refractivity (Wildman–Crippen MR) is 124 cm³/mol. The molecule has 2 fully saturated rings. The van der Waals surface area contributed by atoms with E-state index in [0.29, 0.717) is 17.9 Å². The molecule has 1 aromatic carbocycles. The third kappa shape index (κ3) is 4.27. The third-order valence-corrected chi connectivity index (χ3v) is 6.96. The van der Waals surface area contributed by atoms with Crippen molar-refractivity contribution >= 4 is 17.3 Å². The highest BCUT2D eigenvalue weighted by Crippen LogP contribution is 2.30. The van der Waals surface area contributed by atoms with Crippen LogP contribution in [0.25, 0.3) is 5.52 Å². The molecule has 0 radical (unpaired) electrons. The molecule has 0 aliphatic carbocycles. The Labute approximate surface area is 188 Å². The number of nitrogens with zero attached hydrogens (tertiary/aromatic N) is 4. The molecule has 0 spiro atoms. The van der Waals surface area contributed by atoms with Gasteiger partial charge in [0, 0.05) is 38.8 Å². The summed E-state index contributed by atoms with van der Waals surface area (Å²) < 4.78 is 1.80. The minimum Gasteiger partial charge on any atom is -0.343 e. The molecule has 2 saturated heterocycles. The van der Waals surface area contributed by atoms with E-state index < -0.39 is 0 Å². The van der Waals surface area contributed by atoms with Crippen LogP contribution in [0.3, 0.4) is 0 Å². The summed E-state index contributed by atoms with van der Waals surface area (Å²) >= 11 is 0. The van der Waals surface area contributed by atoms with Crippen LogP contribution < -0.4 is 0 Å². The van der Waals surface area contributed by atoms with E-state index in [1.165, 1.54) is 11.1 Å². The van der Waals surface area contributed by atoms with Crippen LogP contribution in [-0.4, -0.2) is 57.4 Å². The van der Waals surface area contributed by atoms with E-state index in [-0.39, 0.29) is 11.8 Å². The zero-order chi connectivity index (χ0) is 21.9. The van der Waals surface area contributed by atoms with Crippen molar-refractivity contribution in [1.82, 2.24) is 19.4 Å². The van der Waals surface area contributed by atoms with Crippen molar-refractivity contribution in [3.8, 4) is 0 Å². The van der Waals surface area contributed by atoms with Crippen molar-refractivity contribution in [3.05, 3.63) is 71.5 Å². The number of carbonyl (C=O) groups is 2. The molecule has 4 heterocycles. The summed E-state index contributed by atoms with van der Waals surface area (Å²) in [5.41, 5.74) is 4.04. The Morgan fingerprint density at radius 1 is 0.938 bits per heavy atom. The van der Waals surface area contributed by atoms with Crippen molar-refractivity contribution in [3.63, 3.8) is 0 Å². The number of hydrogen-bond acceptors (Lipinski definition) is 3. The first-order valence-electron chi connectivity index (χ1n) is 11.8. The van der Waals surface area contributed by atoms with Crippen molar-refractivity contribution in [2.24, 2.45) is 0 Å². The van der Waals surface area contributed by atoms with Crippen molar-refractivity contribution in [2.75, 3.05) is 26.2 Å². The van der Waals surface area contributed by atoms with Crippen molar-refractivity contribution in [1.29, 1.82) is 0 Å². The molecule has 3 aromatic rings. The van der Waals surface area contributed by atoms with Crippen LogP contribution >= 0.6 is 0 Å². The maximum atomic E-state index is 12.9. The van der Waals surface area contributed by atoms with E-state index >= 15 is 0 Å². The minimum absolute atomic E-state index is 0.0912. The average Bonchev–Trinajstić information content (AvgIpc) is 3.53. The zero-order valence-corrected chi connectivity index (χ0v) is 18.4. The number of amides is 2. The second-order valence-electron chi connectivity index (χ2n) is 8.99. The molecule has 0 N–H and O–H groups in total. The van der Waals surface area contributed by atoms with Gasteiger partial charge in [0.05, 0.1) is 17.3 Å². The molecule has 0 atom stereocenters. The van der Waals surface area contributed by atoms with E-state index in [0.717, 1.165) is 63.8 Å². The molecule has 0 saturated carbocycles. The third-order valence-electron chi connectivity index (χ3n) is 6.96. The van der Waals surface area contributed by atoms with Gasteiger partial charge >= 0.3 is 0 Å². The molecular weight excluding hydrogens is 400 g/mol. The van der Waals surface area contributed by atoms with Crippen LogP contribution in [0.15, 0.2) is 54.9 Å². The van der Waals surface area contributed by atoms with Gasteiger partial charge in [-0.1, -0.05) is 30.3 Å². The summed E-state index contributed by atoms with van der Waals surface area (Å²) in [5.74, 6) is 0.744. The second-order valence-corrected chi connectivity index (χ2v) is 8.99. The molecular formula is C26H30N4O2. The minimum atomic E-state index is 0.0912. The van der Waals surface area contributed by atoms with Gasteiger partial charge in [0.1, 0.15) is 0 Å². The van der Waals surface area contributed by atoms with Gasteiger partial charge in [0.2, 0.25) is 5.91 Å². The number of benzene rings is 1. The second kappa shape index (κ2) is 9.15. The number of hydrogen-bond donors (Lipinski definition) is 0. The number of pyridine rings is 1. The van der Waals surface area contributed by atoms with Gasteiger partial charge in [0.25, 0.3) is 5.91 Å². The normalized spacial score (nSPS) is 17.2. The number of rotatable bonds is 5. The lowest BCUT2D eigenvalue weighted by Gasteiger charge is -2.32. The molecule has 166 valence electrons. The van der Waals surface area contributed by atoms with E-state index in [1.54, 1.807) is 10.7 Å². The first-order chi connectivity index (χ1) is 15.7. The fraction of sp³-hybridized carbons (Fsp3) is 0.423. The van der Waals surface area contributed by atoms with Crippen LogP contribution in [0.5, 0.6) is 0 Å². The standard InChI is InChI=1S/C26H30N4O2/c31-25(9-8-20-6-2-1-3-7-20)28-15-10-21(11-16-28)22-12-17-30-24(18-22)23(19-27-30)26(32)29-13-4-5-14-29/h1-3,6-7,12,17-19,21H,4-5,8-11,13-16H2. The van der Waals surface area contributed by atoms with Gasteiger partial charge < -0.3 is 9.80 Å². The Balaban J connectivity index is 1.22. The van der Waals surface area contributed by atoms with Gasteiger partial charge in [-0.15, -0.1) is 0 Å². The summed E-state index contributed by atoms with van der Waals surface area (Å²) in [7, 11) is 0. The number of piperidine rings is 1. The van der Waals surface area contributed by atoms with E-state index in [2.05, 4.69) is 29.4 Å². The molecule has 0 unspecified atom stereocenters. The highest BCUT2D eigenvalue weighted by Gasteiger charge is 2.26. The molecule has 2 aromatic heterocycles. The van der Waals surface area contributed by atoms with Gasteiger partial charge in [-0.25, -0.2) is 4.52 Å². The van der Waals surface area contributed by atoms with Gasteiger partial charge in [-0.3, -0.25) is 9.59 Å². The van der Waals surface area contributed by atoms with Crippen LogP contribution in [0, 0.1) is 0 Å². The van der Waals surface area contributed by atoms with Gasteiger partial charge in [-0.05, 0) is 61.3 Å². The summed E-state index contributed by atoms with van der Waals surface area (Å²) in [6.45, 7) is 3.27. The smallest absolute Gasteiger partial charge is 0.257 e. The topological polar surface area (TPSA) is 57.9 Å². The first kappa shape index (κ1) is 20.7. The summed E-state index contributed by atoms with van der Waals surface area (Å²) in [4.78, 5) is 29.5. The number of aryl methyl sites for hydroxylation is 1. The largest absolute Gasteiger partial charge is 0.343 e. The molecule has 0 bridgehead atoms. The molecule has 32 heavy (non-hydrogen) atoms. The monoisotopic (exact) mass is 430 g/mol. The Morgan fingerprint density at radius 2 is 1.69 bits per heavy atom. The first-order valence-corrected chi connectivity index (χ1v) is 11.8. The van der Waals surface area contributed by atoms with Crippen LogP contribution in [0.4, 0.5) is 0 Å². The fourth-order valence-electron chi connectivity index (χ4n) is 5.02. The maximum Gasteiger partial charge on any atom is 0.257 e. The number of likely N-dealkylation sites (tertiary alicyclic amines) is 2. The van der Waals surface area contributed by atoms with Crippen molar-refractivity contribution in [2.45, 2.75) is 44.4 Å². The molecule has 6 nitrogen and oxygen atoms in total. The predicted octanol–water partition coefficient (Wildman–Crippen LogP) is 3.91. The Hall–Kier alpha value is -3.15. The van der Waals surface area contributed by atoms with Crippen LogP contribution in [0.2, 0.25) is 0 Å². The fourth-order valence-corrected chi connectivity index (χ4v) is 5.02. The van der Waals surface area contributed by atoms with E-state index in [4.69, 9.17) is 0 Å². The van der Waals surface area contributed by atoms with Crippen molar-refractivity contribution < 1.29 is 9.59 Å². The molecule has 6 heteroatoms.